The van der Waals surface area contributed by atoms with E-state index in [0.717, 1.165) is 11.3 Å². The van der Waals surface area contributed by atoms with Crippen LogP contribution in [-0.4, -0.2) is 50.3 Å². The largest absolute Gasteiger partial charge is 0.337 e. The average Bonchev–Trinajstić information content (AvgIpc) is 2.93. The first kappa shape index (κ1) is 20.4. The van der Waals surface area contributed by atoms with Gasteiger partial charge in [-0.2, -0.15) is 0 Å². The number of nitrogens with one attached hydrogen (secondary N) is 1. The Balaban J connectivity index is 2.09. The highest BCUT2D eigenvalue weighted by Crippen LogP contribution is 2.30. The fourth-order valence-corrected chi connectivity index (χ4v) is 4.28. The number of hydrogen-bond acceptors (Lipinski definition) is 4. The number of sulfonamides is 1. The van der Waals surface area contributed by atoms with Gasteiger partial charge in [-0.1, -0.05) is 0 Å². The number of rotatable bonds is 5. The maximum Gasteiger partial charge on any atom is 0.240 e. The molecule has 1 aliphatic rings. The van der Waals surface area contributed by atoms with E-state index in [1.165, 1.54) is 19.9 Å². The lowest BCUT2D eigenvalue weighted by molar-refractivity contribution is -0.133. The van der Waals surface area contributed by atoms with Crippen molar-refractivity contribution in [1.82, 2.24) is 9.62 Å². The highest BCUT2D eigenvalue weighted by Gasteiger charge is 2.26. The molecule has 0 radical (unpaired) electrons. The normalized spacial score (nSPS) is 14.3. The number of nitrogens with zero attached hydrogens (tertiary/aromatic N) is 2. The van der Waals surface area contributed by atoms with Gasteiger partial charge in [0.1, 0.15) is 0 Å². The molecule has 0 atom stereocenters. The number of fused-ring (bicyclic) bond motifs is 1. The number of anilines is 1. The fraction of sp³-hybridized carbons (Fsp3) is 0.556. The van der Waals surface area contributed by atoms with Crippen molar-refractivity contribution < 1.29 is 18.0 Å². The third kappa shape index (κ3) is 4.42. The van der Waals surface area contributed by atoms with Gasteiger partial charge in [-0.05, 0) is 51.0 Å². The molecule has 1 aromatic carbocycles. The van der Waals surface area contributed by atoms with E-state index in [0.29, 0.717) is 19.5 Å². The van der Waals surface area contributed by atoms with Crippen LogP contribution in [0, 0.1) is 0 Å². The van der Waals surface area contributed by atoms with Crippen LogP contribution in [0.5, 0.6) is 0 Å². The van der Waals surface area contributed by atoms with E-state index in [9.17, 15) is 18.0 Å². The molecule has 0 saturated carbocycles. The minimum absolute atomic E-state index is 0.0519. The van der Waals surface area contributed by atoms with Gasteiger partial charge < -0.3 is 9.80 Å². The van der Waals surface area contributed by atoms with E-state index in [1.807, 2.05) is 20.8 Å². The molecule has 144 valence electrons. The number of carbonyl (C=O) groups is 2. The van der Waals surface area contributed by atoms with E-state index in [-0.39, 0.29) is 28.8 Å². The minimum Gasteiger partial charge on any atom is -0.337 e. The fourth-order valence-electron chi connectivity index (χ4n) is 3.21. The van der Waals surface area contributed by atoms with Gasteiger partial charge in [0.15, 0.2) is 0 Å². The van der Waals surface area contributed by atoms with Crippen LogP contribution in [-0.2, 0) is 26.0 Å². The van der Waals surface area contributed by atoms with Gasteiger partial charge in [-0.15, -0.1) is 0 Å². The van der Waals surface area contributed by atoms with E-state index in [1.54, 1.807) is 21.9 Å². The Bertz CT molecular complexity index is 812. The van der Waals surface area contributed by atoms with Crippen molar-refractivity contribution in [2.45, 2.75) is 51.5 Å². The van der Waals surface area contributed by atoms with Gasteiger partial charge in [0.05, 0.1) is 4.90 Å². The molecule has 1 aromatic rings. The zero-order valence-corrected chi connectivity index (χ0v) is 16.8. The van der Waals surface area contributed by atoms with Crippen LogP contribution < -0.4 is 9.62 Å². The molecule has 0 aromatic heterocycles. The van der Waals surface area contributed by atoms with E-state index >= 15 is 0 Å². The summed E-state index contributed by atoms with van der Waals surface area (Å²) >= 11 is 0. The molecule has 1 heterocycles. The van der Waals surface area contributed by atoms with Gasteiger partial charge >= 0.3 is 0 Å². The molecule has 0 aliphatic carbocycles. The SMILES string of the molecule is CC(=O)N1CCc2cc(S(=O)(=O)NCCN(C(C)=O)C(C)(C)C)ccc21. The highest BCUT2D eigenvalue weighted by atomic mass is 32.2. The summed E-state index contributed by atoms with van der Waals surface area (Å²) in [6.45, 7) is 9.69. The molecule has 2 amide bonds. The molecule has 0 bridgehead atoms. The maximum atomic E-state index is 12.6. The molecule has 8 heteroatoms. The van der Waals surface area contributed by atoms with Crippen LogP contribution in [0.4, 0.5) is 5.69 Å². The van der Waals surface area contributed by atoms with Crippen molar-refractivity contribution in [1.29, 1.82) is 0 Å². The maximum absolute atomic E-state index is 12.6. The third-order valence-electron chi connectivity index (χ3n) is 4.45. The first-order chi connectivity index (χ1) is 11.9. The smallest absolute Gasteiger partial charge is 0.240 e. The second-order valence-electron chi connectivity index (χ2n) is 7.45. The molecular formula is C18H27N3O4S. The summed E-state index contributed by atoms with van der Waals surface area (Å²) in [4.78, 5) is 26.8. The van der Waals surface area contributed by atoms with Crippen LogP contribution in [0.2, 0.25) is 0 Å². The van der Waals surface area contributed by atoms with Crippen molar-refractivity contribution in [3.05, 3.63) is 23.8 Å². The molecule has 1 N–H and O–H groups in total. The average molecular weight is 381 g/mol. The van der Waals surface area contributed by atoms with Gasteiger partial charge in [0.2, 0.25) is 21.8 Å². The summed E-state index contributed by atoms with van der Waals surface area (Å²) in [7, 11) is -3.68. The highest BCUT2D eigenvalue weighted by molar-refractivity contribution is 7.89. The van der Waals surface area contributed by atoms with Crippen molar-refractivity contribution >= 4 is 27.5 Å². The van der Waals surface area contributed by atoms with E-state index in [2.05, 4.69) is 4.72 Å². The summed E-state index contributed by atoms with van der Waals surface area (Å²) in [5, 5.41) is 0. The van der Waals surface area contributed by atoms with E-state index in [4.69, 9.17) is 0 Å². The molecule has 0 fully saturated rings. The van der Waals surface area contributed by atoms with Crippen LogP contribution in [0.15, 0.2) is 23.1 Å². The van der Waals surface area contributed by atoms with Crippen LogP contribution >= 0.6 is 0 Å². The van der Waals surface area contributed by atoms with Gasteiger partial charge in [-0.3, -0.25) is 9.59 Å². The zero-order chi connectivity index (χ0) is 19.7. The Morgan fingerprint density at radius 1 is 1.23 bits per heavy atom. The predicted octanol–water partition coefficient (Wildman–Crippen LogP) is 1.52. The summed E-state index contributed by atoms with van der Waals surface area (Å²) in [6, 6.07) is 4.80. The number of benzene rings is 1. The van der Waals surface area contributed by atoms with E-state index < -0.39 is 10.0 Å². The van der Waals surface area contributed by atoms with Crippen molar-refractivity contribution in [3.63, 3.8) is 0 Å². The molecule has 0 saturated heterocycles. The Morgan fingerprint density at radius 3 is 2.42 bits per heavy atom. The van der Waals surface area contributed by atoms with Crippen molar-refractivity contribution in [2.75, 3.05) is 24.5 Å². The zero-order valence-electron chi connectivity index (χ0n) is 16.0. The lowest BCUT2D eigenvalue weighted by atomic mass is 10.1. The monoisotopic (exact) mass is 381 g/mol. The minimum atomic E-state index is -3.68. The van der Waals surface area contributed by atoms with Crippen LogP contribution in [0.1, 0.15) is 40.2 Å². The molecule has 0 unspecified atom stereocenters. The molecule has 0 spiro atoms. The second kappa shape index (κ2) is 7.36. The molecule has 1 aliphatic heterocycles. The molecule has 26 heavy (non-hydrogen) atoms. The van der Waals surface area contributed by atoms with Crippen LogP contribution in [0.25, 0.3) is 0 Å². The quantitative estimate of drug-likeness (QED) is 0.838. The standard InChI is InChI=1S/C18H27N3O4S/c1-13(22)20-10-8-15-12-16(6-7-17(15)20)26(24,25)19-9-11-21(14(2)23)18(3,4)5/h6-7,12,19H,8-11H2,1-5H3. The third-order valence-corrected chi connectivity index (χ3v) is 5.91. The molecule has 2 rings (SSSR count). The van der Waals surface area contributed by atoms with Gasteiger partial charge in [-0.25, -0.2) is 13.1 Å². The lowest BCUT2D eigenvalue weighted by Gasteiger charge is -2.35. The topological polar surface area (TPSA) is 86.8 Å². The number of carbonyl (C=O) groups excluding carboxylic acids is 2. The molecular weight excluding hydrogens is 354 g/mol. The predicted molar refractivity (Wildman–Crippen MR) is 101 cm³/mol. The summed E-state index contributed by atoms with van der Waals surface area (Å²) < 4.78 is 27.7. The molecule has 7 nitrogen and oxygen atoms in total. The summed E-state index contributed by atoms with van der Waals surface area (Å²) in [5.41, 5.74) is 1.25. The van der Waals surface area contributed by atoms with Crippen molar-refractivity contribution in [2.24, 2.45) is 0 Å². The Labute approximate surface area is 155 Å². The Morgan fingerprint density at radius 2 is 1.88 bits per heavy atom. The number of hydrogen-bond donors (Lipinski definition) is 1. The lowest BCUT2D eigenvalue weighted by Crippen LogP contribution is -2.48. The van der Waals surface area contributed by atoms with Crippen LogP contribution in [0.3, 0.4) is 0 Å². The van der Waals surface area contributed by atoms with Gasteiger partial charge in [0.25, 0.3) is 0 Å². The summed E-state index contributed by atoms with van der Waals surface area (Å²) in [5.74, 6) is -0.150. The Hall–Kier alpha value is -1.93. The number of amides is 2. The Kier molecular flexibility index (Phi) is 5.77. The summed E-state index contributed by atoms with van der Waals surface area (Å²) in [6.07, 6.45) is 0.639. The first-order valence-corrected chi connectivity index (χ1v) is 10.1. The first-order valence-electron chi connectivity index (χ1n) is 8.62. The van der Waals surface area contributed by atoms with Gasteiger partial charge in [0, 0.05) is 44.7 Å². The van der Waals surface area contributed by atoms with Crippen molar-refractivity contribution in [3.8, 4) is 0 Å². The second-order valence-corrected chi connectivity index (χ2v) is 9.22.